The van der Waals surface area contributed by atoms with Gasteiger partial charge in [0.25, 0.3) is 0 Å². The van der Waals surface area contributed by atoms with Crippen LogP contribution in [0.3, 0.4) is 0 Å². The van der Waals surface area contributed by atoms with Crippen molar-refractivity contribution in [1.29, 1.82) is 0 Å². The van der Waals surface area contributed by atoms with Gasteiger partial charge >= 0.3 is 0 Å². The first-order valence-electron chi connectivity index (χ1n) is 11.1. The van der Waals surface area contributed by atoms with Crippen molar-refractivity contribution in [2.75, 3.05) is 23.3 Å². The maximum Gasteiger partial charge on any atom is 0.202 e. The molecule has 2 aromatic carbocycles. The van der Waals surface area contributed by atoms with Crippen molar-refractivity contribution >= 4 is 38.5 Å². The third-order valence-electron chi connectivity index (χ3n) is 6.54. The zero-order valence-electron chi connectivity index (χ0n) is 19.3. The first-order chi connectivity index (χ1) is 15.1. The van der Waals surface area contributed by atoms with Gasteiger partial charge in [0.2, 0.25) is 5.88 Å². The molecule has 2 heterocycles. The van der Waals surface area contributed by atoms with E-state index in [-0.39, 0.29) is 17.3 Å². The number of halogens is 2. The summed E-state index contributed by atoms with van der Waals surface area (Å²) in [7, 11) is 0. The quantitative estimate of drug-likeness (QED) is 0.414. The summed E-state index contributed by atoms with van der Waals surface area (Å²) in [5.74, 6) is 0.380. The van der Waals surface area contributed by atoms with E-state index in [1.54, 1.807) is 6.07 Å². The number of piperidine rings is 1. The molecule has 0 spiro atoms. The zero-order valence-corrected chi connectivity index (χ0v) is 20.9. The average molecular weight is 501 g/mol. The third kappa shape index (κ3) is 4.42. The fourth-order valence-electron chi connectivity index (χ4n) is 4.41. The Hall–Kier alpha value is -2.34. The number of hydrogen-bond donors (Lipinski definition) is 1. The molecule has 0 amide bonds. The van der Waals surface area contributed by atoms with Crippen molar-refractivity contribution in [2.45, 2.75) is 53.5 Å². The maximum atomic E-state index is 13.5. The number of benzene rings is 2. The Labute approximate surface area is 196 Å². The van der Waals surface area contributed by atoms with Crippen LogP contribution < -0.4 is 15.6 Å². The highest BCUT2D eigenvalue weighted by Crippen LogP contribution is 2.36. The van der Waals surface area contributed by atoms with Gasteiger partial charge in [-0.3, -0.25) is 4.79 Å². The van der Waals surface area contributed by atoms with E-state index in [0.717, 1.165) is 42.7 Å². The molecule has 3 aromatic rings. The highest BCUT2D eigenvalue weighted by Gasteiger charge is 2.28. The molecule has 4 rings (SSSR count). The van der Waals surface area contributed by atoms with Crippen LogP contribution in [-0.4, -0.2) is 13.1 Å². The van der Waals surface area contributed by atoms with Gasteiger partial charge in [0.05, 0.1) is 17.0 Å². The lowest BCUT2D eigenvalue weighted by Gasteiger charge is -2.37. The second-order valence-corrected chi connectivity index (χ2v) is 10.6. The van der Waals surface area contributed by atoms with E-state index < -0.39 is 0 Å². The van der Waals surface area contributed by atoms with Crippen molar-refractivity contribution in [3.05, 3.63) is 67.5 Å². The molecule has 4 nitrogen and oxygen atoms in total. The minimum atomic E-state index is -0.299. The molecule has 1 atom stereocenters. The Morgan fingerprint density at radius 1 is 1.16 bits per heavy atom. The van der Waals surface area contributed by atoms with Gasteiger partial charge in [-0.15, -0.1) is 0 Å². The van der Waals surface area contributed by atoms with Crippen LogP contribution in [0, 0.1) is 25.1 Å². The monoisotopic (exact) mass is 500 g/mol. The molecule has 1 aliphatic heterocycles. The summed E-state index contributed by atoms with van der Waals surface area (Å²) in [6.07, 6.45) is 2.12. The van der Waals surface area contributed by atoms with Crippen LogP contribution in [0.4, 0.5) is 16.0 Å². The summed E-state index contributed by atoms with van der Waals surface area (Å²) in [4.78, 5) is 15.5. The fourth-order valence-corrected chi connectivity index (χ4v) is 4.88. The molecular formula is C26H30BrFN2O2. The van der Waals surface area contributed by atoms with Gasteiger partial charge in [-0.05, 0) is 84.8 Å². The molecule has 6 heteroatoms. The maximum absolute atomic E-state index is 13.5. The molecule has 1 aromatic heterocycles. The molecular weight excluding hydrogens is 471 g/mol. The standard InChI is InChI=1S/C26H30BrFN2O2/c1-15-12-19(17(3)29-22-7-6-18(28)14-21(22)27)24-20(13-15)23(31)16(2)25(32-24)30-10-8-26(4,5)9-11-30/h6-7,12-14,17,29H,8-11H2,1-5H3/t17-/m1/s1. The van der Waals surface area contributed by atoms with Crippen molar-refractivity contribution in [3.8, 4) is 0 Å². The van der Waals surface area contributed by atoms with E-state index in [9.17, 15) is 9.18 Å². The van der Waals surface area contributed by atoms with E-state index in [1.165, 1.54) is 12.1 Å². The lowest BCUT2D eigenvalue weighted by molar-refractivity contribution is 0.274. The Morgan fingerprint density at radius 2 is 1.84 bits per heavy atom. The normalized spacial score (nSPS) is 16.9. The molecule has 1 N–H and O–H groups in total. The molecule has 0 bridgehead atoms. The minimum Gasteiger partial charge on any atom is -0.440 e. The molecule has 170 valence electrons. The van der Waals surface area contributed by atoms with Crippen LogP contribution in [0.2, 0.25) is 0 Å². The minimum absolute atomic E-state index is 0.0196. The number of anilines is 2. The van der Waals surface area contributed by atoms with Gasteiger partial charge in [0, 0.05) is 28.8 Å². The molecule has 0 radical (unpaired) electrons. The first kappa shape index (κ1) is 22.8. The summed E-state index contributed by atoms with van der Waals surface area (Å²) in [6, 6.07) is 8.37. The van der Waals surface area contributed by atoms with Crippen molar-refractivity contribution in [2.24, 2.45) is 5.41 Å². The Morgan fingerprint density at radius 3 is 2.50 bits per heavy atom. The molecule has 0 aliphatic carbocycles. The second-order valence-electron chi connectivity index (χ2n) is 9.73. The van der Waals surface area contributed by atoms with E-state index in [1.807, 2.05) is 26.8 Å². The predicted molar refractivity (Wildman–Crippen MR) is 133 cm³/mol. The number of aryl methyl sites for hydroxylation is 1. The van der Waals surface area contributed by atoms with Crippen molar-refractivity contribution < 1.29 is 8.81 Å². The van der Waals surface area contributed by atoms with Gasteiger partial charge in [0.15, 0.2) is 5.43 Å². The lowest BCUT2D eigenvalue weighted by atomic mass is 9.82. The topological polar surface area (TPSA) is 45.5 Å². The predicted octanol–water partition coefficient (Wildman–Crippen LogP) is 7.11. The summed E-state index contributed by atoms with van der Waals surface area (Å²) in [5, 5.41) is 4.03. The lowest BCUT2D eigenvalue weighted by Crippen LogP contribution is -2.38. The van der Waals surface area contributed by atoms with Crippen molar-refractivity contribution in [3.63, 3.8) is 0 Å². The van der Waals surface area contributed by atoms with Gasteiger partial charge in [0.1, 0.15) is 11.4 Å². The molecule has 1 aliphatic rings. The number of nitrogens with one attached hydrogen (secondary N) is 1. The van der Waals surface area contributed by atoms with Crippen LogP contribution in [0.25, 0.3) is 11.0 Å². The average Bonchev–Trinajstić information content (AvgIpc) is 2.73. The molecule has 32 heavy (non-hydrogen) atoms. The van der Waals surface area contributed by atoms with Crippen LogP contribution in [0.15, 0.2) is 44.0 Å². The van der Waals surface area contributed by atoms with Gasteiger partial charge in [-0.1, -0.05) is 19.9 Å². The first-order valence-corrected chi connectivity index (χ1v) is 11.9. The highest BCUT2D eigenvalue weighted by atomic mass is 79.9. The van der Waals surface area contributed by atoms with E-state index in [4.69, 9.17) is 4.42 Å². The summed E-state index contributed by atoms with van der Waals surface area (Å²) >= 11 is 3.42. The largest absolute Gasteiger partial charge is 0.440 e. The fraction of sp³-hybridized carbons (Fsp3) is 0.423. The highest BCUT2D eigenvalue weighted by molar-refractivity contribution is 9.10. The van der Waals surface area contributed by atoms with Gasteiger partial charge in [-0.25, -0.2) is 4.39 Å². The number of nitrogens with zero attached hydrogens (tertiary/aromatic N) is 1. The molecule has 0 saturated carbocycles. The van der Waals surface area contributed by atoms with Crippen molar-refractivity contribution in [1.82, 2.24) is 0 Å². The number of hydrogen-bond acceptors (Lipinski definition) is 4. The zero-order chi connectivity index (χ0) is 23.2. The Balaban J connectivity index is 1.78. The van der Waals surface area contributed by atoms with Crippen LogP contribution in [-0.2, 0) is 0 Å². The summed E-state index contributed by atoms with van der Waals surface area (Å²) < 4.78 is 20.6. The summed E-state index contributed by atoms with van der Waals surface area (Å²) in [6.45, 7) is 12.2. The van der Waals surface area contributed by atoms with Crippen LogP contribution in [0.1, 0.15) is 56.3 Å². The Bertz CT molecular complexity index is 1220. The molecule has 1 saturated heterocycles. The molecule has 0 unspecified atom stereocenters. The van der Waals surface area contributed by atoms with E-state index >= 15 is 0 Å². The molecule has 1 fully saturated rings. The van der Waals surface area contributed by atoms with E-state index in [2.05, 4.69) is 46.1 Å². The number of fused-ring (bicyclic) bond motifs is 1. The van der Waals surface area contributed by atoms with Crippen LogP contribution >= 0.6 is 15.9 Å². The number of rotatable bonds is 4. The SMILES string of the molecule is Cc1cc([C@@H](C)Nc2ccc(F)cc2Br)c2oc(N3CCC(C)(C)CC3)c(C)c(=O)c2c1. The van der Waals surface area contributed by atoms with E-state index in [0.29, 0.717) is 32.3 Å². The smallest absolute Gasteiger partial charge is 0.202 e. The van der Waals surface area contributed by atoms with Gasteiger partial charge in [-0.2, -0.15) is 0 Å². The Kier molecular flexibility index (Phi) is 6.10. The van der Waals surface area contributed by atoms with Gasteiger partial charge < -0.3 is 14.6 Å². The van der Waals surface area contributed by atoms with Crippen LogP contribution in [0.5, 0.6) is 0 Å². The third-order valence-corrected chi connectivity index (χ3v) is 7.20. The second kappa shape index (κ2) is 8.54. The summed E-state index contributed by atoms with van der Waals surface area (Å²) in [5.41, 5.74) is 4.29.